The minimum atomic E-state index is 0.233. The lowest BCUT2D eigenvalue weighted by Crippen LogP contribution is -2.41. The van der Waals surface area contributed by atoms with Gasteiger partial charge < -0.3 is 16.0 Å². The number of amides is 1. The Morgan fingerprint density at radius 1 is 1.10 bits per heavy atom. The third-order valence-corrected chi connectivity index (χ3v) is 5.03. The number of nitrogens with one attached hydrogen (secondary N) is 1. The zero-order chi connectivity index (χ0) is 14.4. The number of nitrogens with two attached hydrogens (primary N) is 1. The van der Waals surface area contributed by atoms with Crippen molar-refractivity contribution in [2.24, 2.45) is 5.73 Å². The minimum Gasteiger partial charge on any atom is -0.353 e. The molecule has 0 atom stereocenters. The van der Waals surface area contributed by atoms with Gasteiger partial charge in [-0.1, -0.05) is 19.3 Å². The molecule has 4 nitrogen and oxygen atoms in total. The highest BCUT2D eigenvalue weighted by atomic mass is 16.1. The molecule has 2 aliphatic rings. The third-order valence-electron chi connectivity index (χ3n) is 5.03. The molecule has 2 saturated carbocycles. The molecule has 0 saturated heterocycles. The first-order chi connectivity index (χ1) is 9.65. The Labute approximate surface area is 123 Å². The highest BCUT2D eigenvalue weighted by Gasteiger charge is 2.22. The van der Waals surface area contributed by atoms with Gasteiger partial charge in [0, 0.05) is 31.1 Å². The van der Waals surface area contributed by atoms with E-state index in [0.29, 0.717) is 24.5 Å². The number of carbonyl (C=O) groups is 1. The molecule has 0 aliphatic heterocycles. The minimum absolute atomic E-state index is 0.233. The van der Waals surface area contributed by atoms with E-state index in [-0.39, 0.29) is 5.91 Å². The van der Waals surface area contributed by atoms with Crippen molar-refractivity contribution in [3.63, 3.8) is 0 Å². The Hall–Kier alpha value is -0.610. The molecule has 0 radical (unpaired) electrons. The fourth-order valence-corrected chi connectivity index (χ4v) is 3.55. The van der Waals surface area contributed by atoms with Crippen molar-refractivity contribution in [3.05, 3.63) is 0 Å². The van der Waals surface area contributed by atoms with E-state index < -0.39 is 0 Å². The first kappa shape index (κ1) is 15.8. The summed E-state index contributed by atoms with van der Waals surface area (Å²) in [6.07, 6.45) is 11.5. The molecule has 0 unspecified atom stereocenters. The van der Waals surface area contributed by atoms with Crippen LogP contribution in [-0.4, -0.2) is 42.5 Å². The highest BCUT2D eigenvalue weighted by molar-refractivity contribution is 5.76. The van der Waals surface area contributed by atoms with Crippen LogP contribution in [0.15, 0.2) is 0 Å². The molecule has 0 bridgehead atoms. The van der Waals surface area contributed by atoms with Gasteiger partial charge in [-0.3, -0.25) is 4.79 Å². The molecule has 0 aromatic heterocycles. The second-order valence-corrected chi connectivity index (χ2v) is 6.70. The van der Waals surface area contributed by atoms with Gasteiger partial charge in [-0.15, -0.1) is 0 Å². The molecular formula is C16H31N3O. The predicted molar refractivity (Wildman–Crippen MR) is 82.5 cm³/mol. The molecule has 116 valence electrons. The van der Waals surface area contributed by atoms with Crippen LogP contribution in [0.3, 0.4) is 0 Å². The Bertz CT molecular complexity index is 294. The second-order valence-electron chi connectivity index (χ2n) is 6.70. The summed E-state index contributed by atoms with van der Waals surface area (Å²) in [5, 5.41) is 3.20. The van der Waals surface area contributed by atoms with Crippen LogP contribution in [0.1, 0.15) is 64.2 Å². The largest absolute Gasteiger partial charge is 0.353 e. The molecule has 0 heterocycles. The lowest BCUT2D eigenvalue weighted by Gasteiger charge is -2.33. The zero-order valence-electron chi connectivity index (χ0n) is 12.9. The Balaban J connectivity index is 1.62. The molecule has 0 aromatic carbocycles. The van der Waals surface area contributed by atoms with Crippen LogP contribution >= 0.6 is 0 Å². The van der Waals surface area contributed by atoms with Crippen LogP contribution in [0, 0.1) is 0 Å². The van der Waals surface area contributed by atoms with Crippen LogP contribution in [0.2, 0.25) is 0 Å². The summed E-state index contributed by atoms with van der Waals surface area (Å²) in [6, 6.07) is 1.46. The maximum absolute atomic E-state index is 12.0. The van der Waals surface area contributed by atoms with Gasteiger partial charge in [0.1, 0.15) is 0 Å². The summed E-state index contributed by atoms with van der Waals surface area (Å²) >= 11 is 0. The van der Waals surface area contributed by atoms with Crippen LogP contribution in [0.4, 0.5) is 0 Å². The first-order valence-corrected chi connectivity index (χ1v) is 8.40. The molecule has 1 amide bonds. The molecular weight excluding hydrogens is 250 g/mol. The average Bonchev–Trinajstić information content (AvgIpc) is 2.46. The summed E-state index contributed by atoms with van der Waals surface area (Å²) in [4.78, 5) is 14.3. The van der Waals surface area contributed by atoms with E-state index in [1.54, 1.807) is 0 Å². The van der Waals surface area contributed by atoms with Gasteiger partial charge in [0.05, 0.1) is 0 Å². The topological polar surface area (TPSA) is 58.4 Å². The van der Waals surface area contributed by atoms with Gasteiger partial charge in [-0.2, -0.15) is 0 Å². The summed E-state index contributed by atoms with van der Waals surface area (Å²) in [6.45, 7) is 0.873. The van der Waals surface area contributed by atoms with Gasteiger partial charge in [0.15, 0.2) is 0 Å². The lowest BCUT2D eigenvalue weighted by molar-refractivity contribution is -0.122. The monoisotopic (exact) mass is 281 g/mol. The van der Waals surface area contributed by atoms with Gasteiger partial charge in [0.25, 0.3) is 0 Å². The Morgan fingerprint density at radius 3 is 2.40 bits per heavy atom. The van der Waals surface area contributed by atoms with Crippen molar-refractivity contribution in [2.75, 3.05) is 13.6 Å². The Morgan fingerprint density at radius 2 is 1.75 bits per heavy atom. The maximum atomic E-state index is 12.0. The predicted octanol–water partition coefficient (Wildman–Crippen LogP) is 2.03. The van der Waals surface area contributed by atoms with Gasteiger partial charge >= 0.3 is 0 Å². The molecule has 0 spiro atoms. The second kappa shape index (κ2) is 7.99. The van der Waals surface area contributed by atoms with Crippen LogP contribution in [0.5, 0.6) is 0 Å². The SMILES string of the molecule is CN(CCC(=O)NC1CCCCC1)C1CCC(N)CC1. The molecule has 2 aliphatic carbocycles. The van der Waals surface area contributed by atoms with Crippen molar-refractivity contribution in [1.29, 1.82) is 0 Å². The fourth-order valence-electron chi connectivity index (χ4n) is 3.55. The van der Waals surface area contributed by atoms with Crippen LogP contribution < -0.4 is 11.1 Å². The standard InChI is InChI=1S/C16H31N3O/c1-19(15-9-7-13(17)8-10-15)12-11-16(20)18-14-5-3-2-4-6-14/h13-15H,2-12,17H2,1H3,(H,18,20). The summed E-state index contributed by atoms with van der Waals surface area (Å²) in [5.41, 5.74) is 5.94. The Kier molecular flexibility index (Phi) is 6.30. The number of carbonyl (C=O) groups excluding carboxylic acids is 1. The van der Waals surface area contributed by atoms with Crippen molar-refractivity contribution in [2.45, 2.75) is 82.3 Å². The molecule has 0 aromatic rings. The van der Waals surface area contributed by atoms with E-state index in [0.717, 1.165) is 19.4 Å². The van der Waals surface area contributed by atoms with Crippen LogP contribution in [-0.2, 0) is 4.79 Å². The van der Waals surface area contributed by atoms with Gasteiger partial charge in [-0.25, -0.2) is 0 Å². The first-order valence-electron chi connectivity index (χ1n) is 8.40. The quantitative estimate of drug-likeness (QED) is 0.810. The molecule has 2 fully saturated rings. The van der Waals surface area contributed by atoms with Crippen molar-refractivity contribution >= 4 is 5.91 Å². The summed E-state index contributed by atoms with van der Waals surface area (Å²) in [7, 11) is 2.15. The highest BCUT2D eigenvalue weighted by Crippen LogP contribution is 2.21. The smallest absolute Gasteiger partial charge is 0.221 e. The van der Waals surface area contributed by atoms with Crippen molar-refractivity contribution < 1.29 is 4.79 Å². The van der Waals surface area contributed by atoms with Crippen molar-refractivity contribution in [1.82, 2.24) is 10.2 Å². The van der Waals surface area contributed by atoms with E-state index in [9.17, 15) is 4.79 Å². The zero-order valence-corrected chi connectivity index (χ0v) is 12.9. The summed E-state index contributed by atoms with van der Waals surface area (Å²) < 4.78 is 0. The van der Waals surface area contributed by atoms with Crippen LogP contribution in [0.25, 0.3) is 0 Å². The molecule has 2 rings (SSSR count). The molecule has 4 heteroatoms. The van der Waals surface area contributed by atoms with E-state index in [1.807, 2.05) is 0 Å². The molecule has 20 heavy (non-hydrogen) atoms. The van der Waals surface area contributed by atoms with Gasteiger partial charge in [0.2, 0.25) is 5.91 Å². The number of hydrogen-bond acceptors (Lipinski definition) is 3. The maximum Gasteiger partial charge on any atom is 0.221 e. The number of nitrogens with zero attached hydrogens (tertiary/aromatic N) is 1. The fraction of sp³-hybridized carbons (Fsp3) is 0.938. The molecule has 3 N–H and O–H groups in total. The van der Waals surface area contributed by atoms with Crippen molar-refractivity contribution in [3.8, 4) is 0 Å². The van der Waals surface area contributed by atoms with E-state index in [4.69, 9.17) is 5.73 Å². The van der Waals surface area contributed by atoms with E-state index in [1.165, 1.54) is 44.9 Å². The number of hydrogen-bond donors (Lipinski definition) is 2. The average molecular weight is 281 g/mol. The van der Waals surface area contributed by atoms with E-state index in [2.05, 4.69) is 17.3 Å². The summed E-state index contributed by atoms with van der Waals surface area (Å²) in [5.74, 6) is 0.233. The third kappa shape index (κ3) is 5.06. The van der Waals surface area contributed by atoms with E-state index >= 15 is 0 Å². The number of rotatable bonds is 5. The normalized spacial score (nSPS) is 28.6. The lowest BCUT2D eigenvalue weighted by atomic mass is 9.91. The van der Waals surface area contributed by atoms with Gasteiger partial charge in [-0.05, 0) is 45.6 Å².